The van der Waals surface area contributed by atoms with Crippen LogP contribution in [0.2, 0.25) is 0 Å². The highest BCUT2D eigenvalue weighted by Crippen LogP contribution is 2.31. The van der Waals surface area contributed by atoms with E-state index in [0.717, 1.165) is 6.92 Å². The zero-order valence-electron chi connectivity index (χ0n) is 10.3. The Balaban J connectivity index is 2.78. The molecule has 102 valence electrons. The Morgan fingerprint density at radius 1 is 1.22 bits per heavy atom. The Bertz CT molecular complexity index is 387. The van der Waals surface area contributed by atoms with E-state index in [1.54, 1.807) is 24.3 Å². The summed E-state index contributed by atoms with van der Waals surface area (Å²) in [6, 6.07) is 5.48. The number of hydrogen-bond acceptors (Lipinski definition) is 3. The summed E-state index contributed by atoms with van der Waals surface area (Å²) in [6.07, 6.45) is -4.48. The summed E-state index contributed by atoms with van der Waals surface area (Å²) in [7, 11) is 1.52. The van der Waals surface area contributed by atoms with Gasteiger partial charge >= 0.3 is 6.18 Å². The van der Waals surface area contributed by atoms with Crippen molar-refractivity contribution in [2.45, 2.75) is 31.1 Å². The van der Waals surface area contributed by atoms with E-state index in [-0.39, 0.29) is 6.42 Å². The molecule has 0 aromatic heterocycles. The van der Waals surface area contributed by atoms with Crippen molar-refractivity contribution in [3.05, 3.63) is 29.8 Å². The molecule has 0 saturated carbocycles. The van der Waals surface area contributed by atoms with E-state index >= 15 is 0 Å². The van der Waals surface area contributed by atoms with E-state index in [2.05, 4.69) is 0 Å². The molecule has 1 aromatic rings. The van der Waals surface area contributed by atoms with E-state index in [1.165, 1.54) is 7.11 Å². The first-order valence-electron chi connectivity index (χ1n) is 5.42. The molecular formula is C12H17F3N2O. The highest BCUT2D eigenvalue weighted by Gasteiger charge is 2.51. The van der Waals surface area contributed by atoms with Gasteiger partial charge in [0.1, 0.15) is 11.3 Å². The molecule has 2 unspecified atom stereocenters. The van der Waals surface area contributed by atoms with Crippen LogP contribution in [-0.2, 0) is 6.42 Å². The van der Waals surface area contributed by atoms with Gasteiger partial charge in [-0.25, -0.2) is 0 Å². The van der Waals surface area contributed by atoms with E-state index in [4.69, 9.17) is 16.2 Å². The quantitative estimate of drug-likeness (QED) is 0.870. The predicted octanol–water partition coefficient (Wildman–Crippen LogP) is 1.84. The molecule has 0 radical (unpaired) electrons. The molecule has 3 nitrogen and oxygen atoms in total. The van der Waals surface area contributed by atoms with Crippen LogP contribution in [-0.4, -0.2) is 24.9 Å². The number of halogens is 3. The van der Waals surface area contributed by atoms with E-state index in [9.17, 15) is 13.2 Å². The normalized spacial score (nSPS) is 17.1. The van der Waals surface area contributed by atoms with Crippen LogP contribution in [0.4, 0.5) is 13.2 Å². The number of rotatable bonds is 4. The van der Waals surface area contributed by atoms with Crippen molar-refractivity contribution in [1.29, 1.82) is 0 Å². The second-order valence-corrected chi connectivity index (χ2v) is 4.44. The lowest BCUT2D eigenvalue weighted by molar-refractivity contribution is -0.186. The monoisotopic (exact) mass is 262 g/mol. The predicted molar refractivity (Wildman–Crippen MR) is 63.3 cm³/mol. The summed E-state index contributed by atoms with van der Waals surface area (Å²) in [5.74, 6) is 0.638. The van der Waals surface area contributed by atoms with Gasteiger partial charge in [0, 0.05) is 6.04 Å². The first-order chi connectivity index (χ1) is 8.18. The van der Waals surface area contributed by atoms with Crippen molar-refractivity contribution in [3.63, 3.8) is 0 Å². The van der Waals surface area contributed by atoms with E-state index < -0.39 is 17.8 Å². The van der Waals surface area contributed by atoms with Crippen molar-refractivity contribution < 1.29 is 17.9 Å². The summed E-state index contributed by atoms with van der Waals surface area (Å²) >= 11 is 0. The summed E-state index contributed by atoms with van der Waals surface area (Å²) in [5, 5.41) is 0. The van der Waals surface area contributed by atoms with Crippen molar-refractivity contribution in [3.8, 4) is 5.75 Å². The Labute approximate surface area is 104 Å². The average Bonchev–Trinajstić information content (AvgIpc) is 2.28. The Kier molecular flexibility index (Phi) is 4.24. The summed E-state index contributed by atoms with van der Waals surface area (Å²) in [4.78, 5) is 0. The molecule has 0 aliphatic carbocycles. The Morgan fingerprint density at radius 2 is 1.72 bits per heavy atom. The first-order valence-corrected chi connectivity index (χ1v) is 5.42. The molecule has 4 N–H and O–H groups in total. The van der Waals surface area contributed by atoms with Gasteiger partial charge in [-0.15, -0.1) is 0 Å². The molecule has 1 aromatic carbocycles. The second kappa shape index (κ2) is 5.16. The highest BCUT2D eigenvalue weighted by atomic mass is 19.4. The maximum absolute atomic E-state index is 12.7. The average molecular weight is 262 g/mol. The number of methoxy groups -OCH3 is 1. The van der Waals surface area contributed by atoms with Crippen molar-refractivity contribution in [1.82, 2.24) is 0 Å². The molecular weight excluding hydrogens is 245 g/mol. The fourth-order valence-electron chi connectivity index (χ4n) is 1.44. The standard InChI is InChI=1S/C12H17F3N2O/c1-11(17,12(13,14)15)10(16)7-8-3-5-9(18-2)6-4-8/h3-6,10H,7,16-17H2,1-2H3. The lowest BCUT2D eigenvalue weighted by atomic mass is 9.88. The zero-order chi connectivity index (χ0) is 14.0. The van der Waals surface area contributed by atoms with Crippen LogP contribution in [0, 0.1) is 0 Å². The fraction of sp³-hybridized carbons (Fsp3) is 0.500. The topological polar surface area (TPSA) is 61.3 Å². The van der Waals surface area contributed by atoms with Gasteiger partial charge in [0.05, 0.1) is 7.11 Å². The maximum Gasteiger partial charge on any atom is 0.407 e. The van der Waals surface area contributed by atoms with Gasteiger partial charge in [0.25, 0.3) is 0 Å². The molecule has 1 rings (SSSR count). The van der Waals surface area contributed by atoms with E-state index in [0.29, 0.717) is 11.3 Å². The molecule has 0 aliphatic rings. The minimum atomic E-state index is -4.53. The Hall–Kier alpha value is -1.27. The largest absolute Gasteiger partial charge is 0.497 e. The van der Waals surface area contributed by atoms with Gasteiger partial charge in [-0.05, 0) is 31.0 Å². The minimum Gasteiger partial charge on any atom is -0.497 e. The smallest absolute Gasteiger partial charge is 0.407 e. The summed E-state index contributed by atoms with van der Waals surface area (Å²) < 4.78 is 43.0. The van der Waals surface area contributed by atoms with Gasteiger partial charge in [-0.3, -0.25) is 0 Å². The van der Waals surface area contributed by atoms with Crippen LogP contribution in [0.3, 0.4) is 0 Å². The number of benzene rings is 1. The van der Waals surface area contributed by atoms with Crippen molar-refractivity contribution in [2.24, 2.45) is 11.5 Å². The number of hydrogen-bond donors (Lipinski definition) is 2. The zero-order valence-corrected chi connectivity index (χ0v) is 10.3. The third kappa shape index (κ3) is 3.14. The van der Waals surface area contributed by atoms with Gasteiger partial charge in [0.2, 0.25) is 0 Å². The molecule has 18 heavy (non-hydrogen) atoms. The summed E-state index contributed by atoms with van der Waals surface area (Å²) in [5.41, 5.74) is 9.11. The summed E-state index contributed by atoms with van der Waals surface area (Å²) in [6.45, 7) is 0.904. The van der Waals surface area contributed by atoms with Crippen LogP contribution >= 0.6 is 0 Å². The molecule has 0 saturated heterocycles. The minimum absolute atomic E-state index is 0.0521. The molecule has 6 heteroatoms. The van der Waals surface area contributed by atoms with Crippen LogP contribution < -0.4 is 16.2 Å². The van der Waals surface area contributed by atoms with Crippen molar-refractivity contribution >= 4 is 0 Å². The molecule has 0 heterocycles. The molecule has 0 spiro atoms. The van der Waals surface area contributed by atoms with Crippen LogP contribution in [0.1, 0.15) is 12.5 Å². The molecule has 0 aliphatic heterocycles. The fourth-order valence-corrected chi connectivity index (χ4v) is 1.44. The number of ether oxygens (including phenoxy) is 1. The number of nitrogens with two attached hydrogens (primary N) is 2. The molecule has 0 amide bonds. The van der Waals surface area contributed by atoms with Gasteiger partial charge in [-0.2, -0.15) is 13.2 Å². The van der Waals surface area contributed by atoms with Gasteiger partial charge < -0.3 is 16.2 Å². The number of alkyl halides is 3. The highest BCUT2D eigenvalue weighted by molar-refractivity contribution is 5.28. The third-order valence-corrected chi connectivity index (χ3v) is 3.00. The van der Waals surface area contributed by atoms with Crippen LogP contribution in [0.5, 0.6) is 5.75 Å². The molecule has 0 fully saturated rings. The Morgan fingerprint density at radius 3 is 2.11 bits per heavy atom. The lowest BCUT2D eigenvalue weighted by Crippen LogP contribution is -2.63. The SMILES string of the molecule is COc1ccc(CC(N)C(C)(N)C(F)(F)F)cc1. The van der Waals surface area contributed by atoms with Gasteiger partial charge in [0.15, 0.2) is 0 Å². The van der Waals surface area contributed by atoms with Crippen LogP contribution in [0.15, 0.2) is 24.3 Å². The first kappa shape index (κ1) is 14.8. The third-order valence-electron chi connectivity index (χ3n) is 3.00. The van der Waals surface area contributed by atoms with Crippen molar-refractivity contribution in [2.75, 3.05) is 7.11 Å². The van der Waals surface area contributed by atoms with Crippen LogP contribution in [0.25, 0.3) is 0 Å². The lowest BCUT2D eigenvalue weighted by Gasteiger charge is -2.33. The maximum atomic E-state index is 12.7. The molecule has 2 atom stereocenters. The molecule has 0 bridgehead atoms. The van der Waals surface area contributed by atoms with E-state index in [1.807, 2.05) is 0 Å². The van der Waals surface area contributed by atoms with Gasteiger partial charge in [-0.1, -0.05) is 12.1 Å². The second-order valence-electron chi connectivity index (χ2n) is 4.44.